The highest BCUT2D eigenvalue weighted by Gasteiger charge is 2.33. The molecule has 2 N–H and O–H groups in total. The molecule has 0 unspecified atom stereocenters. The summed E-state index contributed by atoms with van der Waals surface area (Å²) < 4.78 is 10.7. The van der Waals surface area contributed by atoms with E-state index >= 15 is 0 Å². The van der Waals surface area contributed by atoms with Crippen molar-refractivity contribution in [2.24, 2.45) is 0 Å². The summed E-state index contributed by atoms with van der Waals surface area (Å²) in [5, 5.41) is 13.0. The van der Waals surface area contributed by atoms with Crippen LogP contribution >= 0.6 is 11.6 Å². The molecule has 0 aromatic heterocycles. The molecular weight excluding hydrogens is 294 g/mol. The van der Waals surface area contributed by atoms with Crippen LogP contribution in [0, 0.1) is 0 Å². The van der Waals surface area contributed by atoms with Gasteiger partial charge in [-0.05, 0) is 31.0 Å². The van der Waals surface area contributed by atoms with Crippen LogP contribution in [0.25, 0.3) is 0 Å². The van der Waals surface area contributed by atoms with Gasteiger partial charge in [0.2, 0.25) is 5.91 Å². The van der Waals surface area contributed by atoms with Gasteiger partial charge in [0.25, 0.3) is 0 Å². The van der Waals surface area contributed by atoms with E-state index in [0.717, 1.165) is 0 Å². The fraction of sp³-hybridized carbons (Fsp3) is 0.533. The Morgan fingerprint density at radius 1 is 1.43 bits per heavy atom. The minimum atomic E-state index is -0.550. The molecule has 116 valence electrons. The molecular formula is C15H20ClNO4. The van der Waals surface area contributed by atoms with Crippen LogP contribution in [0.4, 0.5) is 0 Å². The van der Waals surface area contributed by atoms with Crippen molar-refractivity contribution in [1.82, 2.24) is 5.32 Å². The number of carbonyl (C=O) groups is 1. The number of halogens is 1. The van der Waals surface area contributed by atoms with Crippen LogP contribution in [-0.4, -0.2) is 43.0 Å². The smallest absolute Gasteiger partial charge is 0.223 e. The maximum atomic E-state index is 12.0. The highest BCUT2D eigenvalue weighted by Crippen LogP contribution is 2.20. The predicted octanol–water partition coefficient (Wildman–Crippen LogP) is 1.77. The minimum absolute atomic E-state index is 0.0722. The lowest BCUT2D eigenvalue weighted by atomic mass is 9.91. The highest BCUT2D eigenvalue weighted by molar-refractivity contribution is 6.30. The average molecular weight is 314 g/mol. The van der Waals surface area contributed by atoms with Gasteiger partial charge in [-0.15, -0.1) is 0 Å². The van der Waals surface area contributed by atoms with E-state index in [1.165, 1.54) is 0 Å². The second-order valence-corrected chi connectivity index (χ2v) is 5.59. The molecule has 0 saturated carbocycles. The number of aliphatic hydroxyl groups is 1. The van der Waals surface area contributed by atoms with Crippen LogP contribution in [0.1, 0.15) is 19.3 Å². The number of hydrogen-bond acceptors (Lipinski definition) is 4. The summed E-state index contributed by atoms with van der Waals surface area (Å²) in [7, 11) is 0. The maximum absolute atomic E-state index is 12.0. The second-order valence-electron chi connectivity index (χ2n) is 5.15. The van der Waals surface area contributed by atoms with E-state index in [4.69, 9.17) is 21.1 Å². The Hall–Kier alpha value is -1.30. The zero-order valence-corrected chi connectivity index (χ0v) is 12.6. The summed E-state index contributed by atoms with van der Waals surface area (Å²) in [5.41, 5.74) is -0.550. The van der Waals surface area contributed by atoms with Crippen LogP contribution in [0.15, 0.2) is 24.3 Å². The van der Waals surface area contributed by atoms with E-state index in [9.17, 15) is 9.90 Å². The maximum Gasteiger partial charge on any atom is 0.223 e. The Morgan fingerprint density at radius 3 is 2.86 bits per heavy atom. The summed E-state index contributed by atoms with van der Waals surface area (Å²) in [6, 6.07) is 7.04. The number of nitrogens with one attached hydrogen (secondary N) is 1. The van der Waals surface area contributed by atoms with Gasteiger partial charge in [-0.25, -0.2) is 0 Å². The third-order valence-electron chi connectivity index (χ3n) is 3.55. The van der Waals surface area contributed by atoms with E-state index < -0.39 is 5.54 Å². The molecule has 0 spiro atoms. The predicted molar refractivity (Wildman–Crippen MR) is 79.6 cm³/mol. The van der Waals surface area contributed by atoms with Crippen molar-refractivity contribution in [2.45, 2.75) is 24.8 Å². The zero-order chi connectivity index (χ0) is 15.1. The molecule has 6 heteroatoms. The first-order chi connectivity index (χ1) is 10.1. The second kappa shape index (κ2) is 7.64. The lowest BCUT2D eigenvalue weighted by Crippen LogP contribution is -2.54. The standard InChI is InChI=1S/C15H20ClNO4/c16-12-2-1-3-13(10-12)21-7-4-14(19)17-15(11-18)5-8-20-9-6-15/h1-3,10,18H,4-9,11H2,(H,17,19). The minimum Gasteiger partial charge on any atom is -0.493 e. The summed E-state index contributed by atoms with van der Waals surface area (Å²) >= 11 is 5.85. The number of carbonyl (C=O) groups excluding carboxylic acids is 1. The number of benzene rings is 1. The first kappa shape index (κ1) is 16.1. The van der Waals surface area contributed by atoms with Crippen LogP contribution in [0.2, 0.25) is 5.02 Å². The molecule has 1 fully saturated rings. The van der Waals surface area contributed by atoms with Gasteiger partial charge >= 0.3 is 0 Å². The molecule has 1 saturated heterocycles. The molecule has 1 aromatic carbocycles. The molecule has 0 aliphatic carbocycles. The van der Waals surface area contributed by atoms with Crippen molar-refractivity contribution in [3.8, 4) is 5.75 Å². The SMILES string of the molecule is O=C(CCOc1cccc(Cl)c1)NC1(CO)CCOCC1. The van der Waals surface area contributed by atoms with Crippen LogP contribution in [0.5, 0.6) is 5.75 Å². The molecule has 1 amide bonds. The molecule has 1 heterocycles. The average Bonchev–Trinajstić information content (AvgIpc) is 2.48. The Kier molecular flexibility index (Phi) is 5.85. The van der Waals surface area contributed by atoms with E-state index in [2.05, 4.69) is 5.32 Å². The largest absolute Gasteiger partial charge is 0.493 e. The quantitative estimate of drug-likeness (QED) is 0.840. The van der Waals surface area contributed by atoms with Gasteiger partial charge in [-0.3, -0.25) is 4.79 Å². The van der Waals surface area contributed by atoms with Gasteiger partial charge in [0.15, 0.2) is 0 Å². The van der Waals surface area contributed by atoms with E-state index in [-0.39, 0.29) is 25.5 Å². The lowest BCUT2D eigenvalue weighted by molar-refractivity contribution is -0.125. The monoisotopic (exact) mass is 313 g/mol. The third kappa shape index (κ3) is 4.88. The number of hydrogen-bond donors (Lipinski definition) is 2. The Morgan fingerprint density at radius 2 is 2.19 bits per heavy atom. The molecule has 2 rings (SSSR count). The molecule has 1 aromatic rings. The van der Waals surface area contributed by atoms with Crippen molar-refractivity contribution in [3.63, 3.8) is 0 Å². The third-order valence-corrected chi connectivity index (χ3v) is 3.79. The molecule has 21 heavy (non-hydrogen) atoms. The summed E-state index contributed by atoms with van der Waals surface area (Å²) in [5.74, 6) is 0.506. The van der Waals surface area contributed by atoms with E-state index in [1.807, 2.05) is 0 Å². The van der Waals surface area contributed by atoms with Gasteiger partial charge in [0, 0.05) is 18.2 Å². The topological polar surface area (TPSA) is 67.8 Å². The zero-order valence-electron chi connectivity index (χ0n) is 11.8. The Bertz CT molecular complexity index is 474. The van der Waals surface area contributed by atoms with Gasteiger partial charge in [0.05, 0.1) is 25.2 Å². The molecule has 0 bridgehead atoms. The van der Waals surface area contributed by atoms with Gasteiger partial charge in [0.1, 0.15) is 5.75 Å². The fourth-order valence-corrected chi connectivity index (χ4v) is 2.44. The Balaban J connectivity index is 1.76. The number of rotatable bonds is 6. The van der Waals surface area contributed by atoms with Crippen molar-refractivity contribution < 1.29 is 19.4 Å². The van der Waals surface area contributed by atoms with Gasteiger partial charge in [-0.1, -0.05) is 17.7 Å². The molecule has 1 aliphatic heterocycles. The van der Waals surface area contributed by atoms with Crippen LogP contribution in [0.3, 0.4) is 0 Å². The van der Waals surface area contributed by atoms with Crippen molar-refractivity contribution >= 4 is 17.5 Å². The Labute approximate surface area is 129 Å². The molecule has 1 aliphatic rings. The summed E-state index contributed by atoms with van der Waals surface area (Å²) in [6.45, 7) is 1.31. The first-order valence-electron chi connectivity index (χ1n) is 7.02. The first-order valence-corrected chi connectivity index (χ1v) is 7.39. The summed E-state index contributed by atoms with van der Waals surface area (Å²) in [4.78, 5) is 12.0. The highest BCUT2D eigenvalue weighted by atomic mass is 35.5. The fourth-order valence-electron chi connectivity index (χ4n) is 2.26. The van der Waals surface area contributed by atoms with Crippen molar-refractivity contribution in [3.05, 3.63) is 29.3 Å². The molecule has 0 radical (unpaired) electrons. The molecule has 5 nitrogen and oxygen atoms in total. The van der Waals surface area contributed by atoms with Crippen LogP contribution < -0.4 is 10.1 Å². The van der Waals surface area contributed by atoms with Crippen molar-refractivity contribution in [1.29, 1.82) is 0 Å². The van der Waals surface area contributed by atoms with E-state index in [0.29, 0.717) is 36.8 Å². The van der Waals surface area contributed by atoms with Gasteiger partial charge in [-0.2, -0.15) is 0 Å². The lowest BCUT2D eigenvalue weighted by Gasteiger charge is -2.36. The van der Waals surface area contributed by atoms with E-state index in [1.54, 1.807) is 24.3 Å². The normalized spacial score (nSPS) is 17.2. The van der Waals surface area contributed by atoms with Crippen molar-refractivity contribution in [2.75, 3.05) is 26.4 Å². The molecule has 0 atom stereocenters. The number of aliphatic hydroxyl groups excluding tert-OH is 1. The summed E-state index contributed by atoms with van der Waals surface area (Å²) in [6.07, 6.45) is 1.49. The number of amides is 1. The number of ether oxygens (including phenoxy) is 2. The van der Waals surface area contributed by atoms with Gasteiger partial charge < -0.3 is 19.9 Å². The van der Waals surface area contributed by atoms with Crippen LogP contribution in [-0.2, 0) is 9.53 Å².